The van der Waals surface area contributed by atoms with Gasteiger partial charge in [0.1, 0.15) is 16.9 Å². The lowest BCUT2D eigenvalue weighted by Gasteiger charge is -2.41. The van der Waals surface area contributed by atoms with Crippen LogP contribution in [0.15, 0.2) is 28.7 Å². The van der Waals surface area contributed by atoms with Gasteiger partial charge in [-0.25, -0.2) is 0 Å². The van der Waals surface area contributed by atoms with E-state index >= 15 is 0 Å². The average Bonchev–Trinajstić information content (AvgIpc) is 3.10. The molecule has 2 aliphatic rings. The second-order valence-electron chi connectivity index (χ2n) is 7.39. The molecular weight excluding hydrogens is 260 g/mol. The van der Waals surface area contributed by atoms with Gasteiger partial charge in [0.2, 0.25) is 0 Å². The highest BCUT2D eigenvalue weighted by Gasteiger charge is 2.45. The Balaban J connectivity index is 1.62. The first kappa shape index (κ1) is 13.4. The van der Waals surface area contributed by atoms with Crippen LogP contribution < -0.4 is 0 Å². The molecular formula is C19H24O2. The Morgan fingerprint density at radius 2 is 1.67 bits per heavy atom. The van der Waals surface area contributed by atoms with E-state index < -0.39 is 5.60 Å². The van der Waals surface area contributed by atoms with Crippen molar-refractivity contribution in [1.82, 2.24) is 0 Å². The van der Waals surface area contributed by atoms with Crippen LogP contribution in [0.3, 0.4) is 0 Å². The van der Waals surface area contributed by atoms with Gasteiger partial charge < -0.3 is 9.52 Å². The maximum Gasteiger partial charge on any atom is 0.136 e. The van der Waals surface area contributed by atoms with Crippen LogP contribution in [0.5, 0.6) is 0 Å². The van der Waals surface area contributed by atoms with E-state index in [4.69, 9.17) is 4.42 Å². The molecule has 0 amide bonds. The molecule has 2 saturated carbocycles. The quantitative estimate of drug-likeness (QED) is 0.793. The average molecular weight is 284 g/mol. The highest BCUT2D eigenvalue weighted by Crippen LogP contribution is 2.53. The molecule has 1 spiro atoms. The van der Waals surface area contributed by atoms with E-state index in [2.05, 4.69) is 25.1 Å². The lowest BCUT2D eigenvalue weighted by molar-refractivity contribution is -0.0518. The van der Waals surface area contributed by atoms with Gasteiger partial charge in [0, 0.05) is 5.39 Å². The molecule has 1 N–H and O–H groups in total. The van der Waals surface area contributed by atoms with Crippen molar-refractivity contribution in [3.63, 3.8) is 0 Å². The number of hydrogen-bond acceptors (Lipinski definition) is 2. The third-order valence-electron chi connectivity index (χ3n) is 5.93. The van der Waals surface area contributed by atoms with Crippen LogP contribution in [0.2, 0.25) is 0 Å². The highest BCUT2D eigenvalue weighted by atomic mass is 16.4. The molecule has 1 aromatic heterocycles. The SMILES string of the molecule is Cc1ccc2oc(C3(O)CCC4(CCCC4)CC3)cc2c1. The van der Waals surface area contributed by atoms with Crippen LogP contribution in [0.1, 0.15) is 62.7 Å². The van der Waals surface area contributed by atoms with Crippen LogP contribution >= 0.6 is 0 Å². The Morgan fingerprint density at radius 1 is 0.952 bits per heavy atom. The molecule has 2 fully saturated rings. The Bertz CT molecular complexity index is 651. The summed E-state index contributed by atoms with van der Waals surface area (Å²) in [5, 5.41) is 12.2. The Hall–Kier alpha value is -1.28. The second-order valence-corrected chi connectivity index (χ2v) is 7.39. The number of furan rings is 1. The largest absolute Gasteiger partial charge is 0.458 e. The number of aryl methyl sites for hydroxylation is 1. The molecule has 1 aromatic carbocycles. The molecule has 1 heterocycles. The Morgan fingerprint density at radius 3 is 2.38 bits per heavy atom. The monoisotopic (exact) mass is 284 g/mol. The number of fused-ring (bicyclic) bond motifs is 1. The van der Waals surface area contributed by atoms with E-state index in [1.54, 1.807) is 0 Å². The van der Waals surface area contributed by atoms with Crippen molar-refractivity contribution in [1.29, 1.82) is 0 Å². The van der Waals surface area contributed by atoms with Crippen molar-refractivity contribution in [3.8, 4) is 0 Å². The Labute approximate surface area is 126 Å². The minimum atomic E-state index is -0.749. The minimum absolute atomic E-state index is 0.537. The fourth-order valence-corrected chi connectivity index (χ4v) is 4.46. The van der Waals surface area contributed by atoms with Gasteiger partial charge in [-0.05, 0) is 69.1 Å². The summed E-state index contributed by atoms with van der Waals surface area (Å²) in [6.45, 7) is 2.09. The van der Waals surface area contributed by atoms with Gasteiger partial charge in [-0.2, -0.15) is 0 Å². The molecule has 0 unspecified atom stereocenters. The van der Waals surface area contributed by atoms with Crippen molar-refractivity contribution in [2.24, 2.45) is 5.41 Å². The number of aliphatic hydroxyl groups is 1. The minimum Gasteiger partial charge on any atom is -0.458 e. The third kappa shape index (κ3) is 2.20. The predicted octanol–water partition coefficient (Wildman–Crippen LogP) is 5.06. The van der Waals surface area contributed by atoms with E-state index in [1.807, 2.05) is 6.07 Å². The van der Waals surface area contributed by atoms with Gasteiger partial charge in [0.15, 0.2) is 0 Å². The summed E-state index contributed by atoms with van der Waals surface area (Å²) >= 11 is 0. The first-order valence-electron chi connectivity index (χ1n) is 8.32. The van der Waals surface area contributed by atoms with Gasteiger partial charge in [0.05, 0.1) is 0 Å². The molecule has 4 rings (SSSR count). The molecule has 2 aliphatic carbocycles. The molecule has 21 heavy (non-hydrogen) atoms. The summed E-state index contributed by atoms with van der Waals surface area (Å²) in [4.78, 5) is 0. The number of hydrogen-bond donors (Lipinski definition) is 1. The summed E-state index contributed by atoms with van der Waals surface area (Å²) in [6, 6.07) is 8.26. The summed E-state index contributed by atoms with van der Waals surface area (Å²) in [7, 11) is 0. The first-order chi connectivity index (χ1) is 10.1. The van der Waals surface area contributed by atoms with Crippen molar-refractivity contribution < 1.29 is 9.52 Å². The van der Waals surface area contributed by atoms with E-state index in [0.717, 1.165) is 42.4 Å². The van der Waals surface area contributed by atoms with E-state index in [9.17, 15) is 5.11 Å². The zero-order chi connectivity index (χ0) is 14.5. The summed E-state index contributed by atoms with van der Waals surface area (Å²) in [5.74, 6) is 0.774. The molecule has 0 atom stereocenters. The fraction of sp³-hybridized carbons (Fsp3) is 0.579. The van der Waals surface area contributed by atoms with Gasteiger partial charge in [-0.1, -0.05) is 24.5 Å². The van der Waals surface area contributed by atoms with Crippen LogP contribution in [0, 0.1) is 12.3 Å². The summed E-state index contributed by atoms with van der Waals surface area (Å²) in [6.07, 6.45) is 9.49. The highest BCUT2D eigenvalue weighted by molar-refractivity contribution is 5.78. The predicted molar refractivity (Wildman–Crippen MR) is 84.2 cm³/mol. The van der Waals surface area contributed by atoms with E-state index in [0.29, 0.717) is 5.41 Å². The van der Waals surface area contributed by atoms with Crippen LogP contribution in [-0.2, 0) is 5.60 Å². The van der Waals surface area contributed by atoms with Gasteiger partial charge in [-0.3, -0.25) is 0 Å². The van der Waals surface area contributed by atoms with Gasteiger partial charge >= 0.3 is 0 Å². The van der Waals surface area contributed by atoms with Gasteiger partial charge in [-0.15, -0.1) is 0 Å². The molecule has 0 saturated heterocycles. The second kappa shape index (κ2) is 4.61. The smallest absolute Gasteiger partial charge is 0.136 e. The number of rotatable bonds is 1. The summed E-state index contributed by atoms with van der Waals surface area (Å²) < 4.78 is 5.97. The van der Waals surface area contributed by atoms with E-state index in [1.165, 1.54) is 31.2 Å². The lowest BCUT2D eigenvalue weighted by atomic mass is 9.67. The van der Waals surface area contributed by atoms with Gasteiger partial charge in [0.25, 0.3) is 0 Å². The molecule has 2 nitrogen and oxygen atoms in total. The maximum atomic E-state index is 11.1. The topological polar surface area (TPSA) is 33.4 Å². The molecule has 112 valence electrons. The molecule has 2 aromatic rings. The summed E-state index contributed by atoms with van der Waals surface area (Å²) in [5.41, 5.74) is 1.91. The van der Waals surface area contributed by atoms with Crippen molar-refractivity contribution >= 4 is 11.0 Å². The Kier molecular flexibility index (Phi) is 2.94. The van der Waals surface area contributed by atoms with E-state index in [-0.39, 0.29) is 0 Å². The van der Waals surface area contributed by atoms with Crippen molar-refractivity contribution in [3.05, 3.63) is 35.6 Å². The molecule has 0 bridgehead atoms. The standard InChI is InChI=1S/C19H24O2/c1-14-4-5-16-15(12-14)13-17(21-16)19(20)10-8-18(9-11-19)6-2-3-7-18/h4-5,12-13,20H,2-3,6-11H2,1H3. The number of benzene rings is 1. The van der Waals surface area contributed by atoms with Crippen molar-refractivity contribution in [2.75, 3.05) is 0 Å². The van der Waals surface area contributed by atoms with Crippen LogP contribution in [-0.4, -0.2) is 5.11 Å². The lowest BCUT2D eigenvalue weighted by Crippen LogP contribution is -2.35. The molecule has 0 radical (unpaired) electrons. The van der Waals surface area contributed by atoms with Crippen LogP contribution in [0.4, 0.5) is 0 Å². The molecule has 2 heteroatoms. The van der Waals surface area contributed by atoms with Crippen molar-refractivity contribution in [2.45, 2.75) is 63.9 Å². The fourth-order valence-electron chi connectivity index (χ4n) is 4.46. The normalized spacial score (nSPS) is 23.9. The third-order valence-corrected chi connectivity index (χ3v) is 5.93. The zero-order valence-electron chi connectivity index (χ0n) is 12.8. The maximum absolute atomic E-state index is 11.1. The molecule has 0 aliphatic heterocycles. The first-order valence-corrected chi connectivity index (χ1v) is 8.32. The van der Waals surface area contributed by atoms with Crippen LogP contribution in [0.25, 0.3) is 11.0 Å². The zero-order valence-corrected chi connectivity index (χ0v) is 12.8.